The van der Waals surface area contributed by atoms with E-state index in [1.807, 2.05) is 5.38 Å². The zero-order valence-corrected chi connectivity index (χ0v) is 9.97. The molecule has 0 amide bonds. The van der Waals surface area contributed by atoms with E-state index in [9.17, 15) is 4.79 Å². The first-order chi connectivity index (χ1) is 6.80. The van der Waals surface area contributed by atoms with E-state index in [-0.39, 0.29) is 11.8 Å². The summed E-state index contributed by atoms with van der Waals surface area (Å²) >= 11 is 1.43. The van der Waals surface area contributed by atoms with Crippen molar-refractivity contribution in [2.75, 3.05) is 0 Å². The van der Waals surface area contributed by atoms with Crippen molar-refractivity contribution in [3.63, 3.8) is 0 Å². The third kappa shape index (κ3) is 3.28. The van der Waals surface area contributed by atoms with Gasteiger partial charge < -0.3 is 10.8 Å². The van der Waals surface area contributed by atoms with Gasteiger partial charge in [0.2, 0.25) is 0 Å². The molecular weight excluding hydrogens is 212 g/mol. The van der Waals surface area contributed by atoms with Crippen LogP contribution in [0.5, 0.6) is 0 Å². The minimum atomic E-state index is -0.894. The number of aliphatic carboxylic acids is 1. The van der Waals surface area contributed by atoms with Gasteiger partial charge in [-0.1, -0.05) is 20.8 Å². The van der Waals surface area contributed by atoms with Crippen molar-refractivity contribution in [1.82, 2.24) is 4.98 Å². The second-order valence-corrected chi connectivity index (χ2v) is 5.42. The number of carboxylic acids is 1. The van der Waals surface area contributed by atoms with Gasteiger partial charge in [-0.05, 0) is 0 Å². The monoisotopic (exact) mass is 228 g/mol. The Morgan fingerprint density at radius 2 is 2.27 bits per heavy atom. The maximum Gasteiger partial charge on any atom is 0.305 e. The van der Waals surface area contributed by atoms with Crippen LogP contribution >= 0.6 is 11.3 Å². The van der Waals surface area contributed by atoms with Crippen molar-refractivity contribution >= 4 is 17.3 Å². The number of nitrogens with two attached hydrogens (primary N) is 1. The number of rotatable bonds is 3. The molecule has 1 aromatic heterocycles. The first-order valence-electron chi connectivity index (χ1n) is 4.74. The Balaban J connectivity index is 2.80. The first-order valence-corrected chi connectivity index (χ1v) is 5.62. The molecule has 0 radical (unpaired) electrons. The number of thiazole rings is 1. The summed E-state index contributed by atoms with van der Waals surface area (Å²) in [6, 6.07) is -0.497. The highest BCUT2D eigenvalue weighted by Crippen LogP contribution is 2.26. The van der Waals surface area contributed by atoms with E-state index in [0.717, 1.165) is 5.69 Å². The first kappa shape index (κ1) is 12.1. The van der Waals surface area contributed by atoms with E-state index >= 15 is 0 Å². The van der Waals surface area contributed by atoms with Crippen molar-refractivity contribution in [3.8, 4) is 0 Å². The lowest BCUT2D eigenvalue weighted by Gasteiger charge is -2.14. The second-order valence-electron chi connectivity index (χ2n) is 4.53. The van der Waals surface area contributed by atoms with Gasteiger partial charge in [-0.3, -0.25) is 4.79 Å². The number of carboxylic acid groups (broad SMARTS) is 1. The Kier molecular flexibility index (Phi) is 3.46. The molecule has 1 rings (SSSR count). The maximum atomic E-state index is 10.5. The van der Waals surface area contributed by atoms with Gasteiger partial charge in [0, 0.05) is 10.8 Å². The molecule has 0 spiro atoms. The van der Waals surface area contributed by atoms with Gasteiger partial charge in [-0.15, -0.1) is 11.3 Å². The van der Waals surface area contributed by atoms with Gasteiger partial charge >= 0.3 is 5.97 Å². The molecule has 0 bridgehead atoms. The number of nitrogens with zero attached hydrogens (tertiary/aromatic N) is 1. The van der Waals surface area contributed by atoms with Gasteiger partial charge in [0.15, 0.2) is 0 Å². The van der Waals surface area contributed by atoms with Crippen LogP contribution in [0.15, 0.2) is 5.38 Å². The second kappa shape index (κ2) is 4.28. The molecule has 0 fully saturated rings. The zero-order valence-electron chi connectivity index (χ0n) is 9.15. The molecular formula is C10H16N2O2S. The molecule has 1 heterocycles. The summed E-state index contributed by atoms with van der Waals surface area (Å²) in [5.41, 5.74) is 6.66. The van der Waals surface area contributed by atoms with Crippen LogP contribution in [0.1, 0.15) is 43.9 Å². The molecule has 1 unspecified atom stereocenters. The Hall–Kier alpha value is -0.940. The number of carbonyl (C=O) groups is 1. The Morgan fingerprint density at radius 3 is 2.67 bits per heavy atom. The molecule has 1 aromatic rings. The zero-order chi connectivity index (χ0) is 11.6. The van der Waals surface area contributed by atoms with Gasteiger partial charge in [0.25, 0.3) is 0 Å². The fourth-order valence-electron chi connectivity index (χ4n) is 1.08. The lowest BCUT2D eigenvalue weighted by Crippen LogP contribution is -2.16. The lowest BCUT2D eigenvalue weighted by atomic mass is 9.93. The van der Waals surface area contributed by atoms with Crippen LogP contribution in [-0.2, 0) is 10.2 Å². The third-order valence-corrected chi connectivity index (χ3v) is 2.98. The molecule has 5 heteroatoms. The molecule has 0 aromatic carbocycles. The van der Waals surface area contributed by atoms with Crippen molar-refractivity contribution in [2.24, 2.45) is 5.73 Å². The van der Waals surface area contributed by atoms with Crippen molar-refractivity contribution in [3.05, 3.63) is 16.1 Å². The molecule has 0 saturated heterocycles. The fraction of sp³-hybridized carbons (Fsp3) is 0.600. The normalized spacial score (nSPS) is 13.9. The number of hydrogen-bond donors (Lipinski definition) is 2. The van der Waals surface area contributed by atoms with Crippen LogP contribution in [0.4, 0.5) is 0 Å². The molecule has 0 saturated carbocycles. The smallest absolute Gasteiger partial charge is 0.305 e. The van der Waals surface area contributed by atoms with Crippen LogP contribution in [0.2, 0.25) is 0 Å². The predicted molar refractivity (Wildman–Crippen MR) is 60.0 cm³/mol. The van der Waals surface area contributed by atoms with Crippen molar-refractivity contribution in [2.45, 2.75) is 38.6 Å². The van der Waals surface area contributed by atoms with E-state index in [1.54, 1.807) is 0 Å². The molecule has 84 valence electrons. The predicted octanol–water partition coefficient (Wildman–Crippen LogP) is 1.92. The molecule has 4 nitrogen and oxygen atoms in total. The van der Waals surface area contributed by atoms with E-state index in [1.165, 1.54) is 11.3 Å². The summed E-state index contributed by atoms with van der Waals surface area (Å²) in [7, 11) is 0. The topological polar surface area (TPSA) is 76.2 Å². The highest BCUT2D eigenvalue weighted by atomic mass is 32.1. The molecule has 0 aliphatic heterocycles. The van der Waals surface area contributed by atoms with E-state index in [4.69, 9.17) is 10.8 Å². The summed E-state index contributed by atoms with van der Waals surface area (Å²) in [6.07, 6.45) is -0.0723. The quantitative estimate of drug-likeness (QED) is 0.828. The lowest BCUT2D eigenvalue weighted by molar-refractivity contribution is -0.137. The summed E-state index contributed by atoms with van der Waals surface area (Å²) in [5, 5.41) is 11.2. The van der Waals surface area contributed by atoms with Crippen LogP contribution < -0.4 is 5.73 Å². The minimum absolute atomic E-state index is 0.0162. The highest BCUT2D eigenvalue weighted by molar-refractivity contribution is 7.09. The van der Waals surface area contributed by atoms with E-state index in [2.05, 4.69) is 25.8 Å². The van der Waals surface area contributed by atoms with E-state index < -0.39 is 12.0 Å². The molecule has 15 heavy (non-hydrogen) atoms. The molecule has 0 aliphatic rings. The summed E-state index contributed by atoms with van der Waals surface area (Å²) in [6.45, 7) is 6.19. The summed E-state index contributed by atoms with van der Waals surface area (Å²) < 4.78 is 0. The number of aromatic nitrogens is 1. The van der Waals surface area contributed by atoms with Crippen LogP contribution in [-0.4, -0.2) is 16.1 Å². The summed E-state index contributed by atoms with van der Waals surface area (Å²) in [5.74, 6) is -0.894. The van der Waals surface area contributed by atoms with Gasteiger partial charge in [0.1, 0.15) is 5.01 Å². The molecule has 0 aliphatic carbocycles. The minimum Gasteiger partial charge on any atom is -0.481 e. The maximum absolute atomic E-state index is 10.5. The Morgan fingerprint density at radius 1 is 1.67 bits per heavy atom. The van der Waals surface area contributed by atoms with Gasteiger partial charge in [-0.25, -0.2) is 4.98 Å². The van der Waals surface area contributed by atoms with Gasteiger partial charge in [0.05, 0.1) is 18.2 Å². The highest BCUT2D eigenvalue weighted by Gasteiger charge is 2.20. The standard InChI is InChI=1S/C10H16N2O2S/c1-10(2,3)7-5-15-9(12-7)6(11)4-8(13)14/h5-6H,4,11H2,1-3H3,(H,13,14). The third-order valence-electron chi connectivity index (χ3n) is 2.00. The largest absolute Gasteiger partial charge is 0.481 e. The van der Waals surface area contributed by atoms with Crippen LogP contribution in [0.3, 0.4) is 0 Å². The Labute approximate surface area is 93.1 Å². The fourth-order valence-corrected chi connectivity index (χ4v) is 2.13. The Bertz CT molecular complexity index is 355. The van der Waals surface area contributed by atoms with Crippen LogP contribution in [0, 0.1) is 0 Å². The van der Waals surface area contributed by atoms with Gasteiger partial charge in [-0.2, -0.15) is 0 Å². The van der Waals surface area contributed by atoms with Crippen LogP contribution in [0.25, 0.3) is 0 Å². The number of hydrogen-bond acceptors (Lipinski definition) is 4. The van der Waals surface area contributed by atoms with E-state index in [0.29, 0.717) is 5.01 Å². The van der Waals surface area contributed by atoms with Crippen molar-refractivity contribution < 1.29 is 9.90 Å². The average Bonchev–Trinajstić information content (AvgIpc) is 2.48. The summed E-state index contributed by atoms with van der Waals surface area (Å²) in [4.78, 5) is 14.8. The molecule has 1 atom stereocenters. The SMILES string of the molecule is CC(C)(C)c1csc(C(N)CC(=O)O)n1. The average molecular weight is 228 g/mol. The molecule has 3 N–H and O–H groups in total. The van der Waals surface area contributed by atoms with Crippen molar-refractivity contribution in [1.29, 1.82) is 0 Å².